The minimum atomic E-state index is 0.137. The molecule has 1 aromatic heterocycles. The second-order valence-corrected chi connectivity index (χ2v) is 8.28. The summed E-state index contributed by atoms with van der Waals surface area (Å²) in [4.78, 5) is 18.9. The third-order valence-corrected chi connectivity index (χ3v) is 5.54. The molecular weight excluding hydrogens is 410 g/mol. The number of piperidine rings is 2. The van der Waals surface area contributed by atoms with Crippen molar-refractivity contribution in [3.63, 3.8) is 0 Å². The van der Waals surface area contributed by atoms with Gasteiger partial charge in [0.05, 0.1) is 6.21 Å². The van der Waals surface area contributed by atoms with Crippen LogP contribution in [0.2, 0.25) is 0 Å². The van der Waals surface area contributed by atoms with Gasteiger partial charge in [-0.1, -0.05) is 12.1 Å². The SMILES string of the molecule is NC(=S)N/N=C/c1ccc(Nc2nc(N3CCCCC3)nc(N3CCCCC3)n2)cc1. The van der Waals surface area contributed by atoms with Crippen LogP contribution in [0.5, 0.6) is 0 Å². The van der Waals surface area contributed by atoms with Crippen molar-refractivity contribution in [1.29, 1.82) is 0 Å². The maximum atomic E-state index is 5.37. The average Bonchev–Trinajstić information content (AvgIpc) is 2.81. The van der Waals surface area contributed by atoms with Gasteiger partial charge in [0.2, 0.25) is 17.8 Å². The van der Waals surface area contributed by atoms with Gasteiger partial charge in [0.15, 0.2) is 5.11 Å². The number of nitrogens with two attached hydrogens (primary N) is 1. The molecule has 0 unspecified atom stereocenters. The van der Waals surface area contributed by atoms with E-state index in [0.29, 0.717) is 5.95 Å². The van der Waals surface area contributed by atoms with Gasteiger partial charge in [-0.25, -0.2) is 0 Å². The monoisotopic (exact) mass is 439 g/mol. The van der Waals surface area contributed by atoms with Crippen LogP contribution in [0, 0.1) is 0 Å². The van der Waals surface area contributed by atoms with Crippen molar-refractivity contribution < 1.29 is 0 Å². The van der Waals surface area contributed by atoms with Gasteiger partial charge in [-0.3, -0.25) is 5.43 Å². The molecule has 0 atom stereocenters. The third kappa shape index (κ3) is 6.00. The van der Waals surface area contributed by atoms with Gasteiger partial charge in [0, 0.05) is 31.9 Å². The average molecular weight is 440 g/mol. The molecule has 10 heteroatoms. The predicted octanol–water partition coefficient (Wildman–Crippen LogP) is 2.76. The van der Waals surface area contributed by atoms with Gasteiger partial charge in [0.25, 0.3) is 0 Å². The minimum absolute atomic E-state index is 0.137. The first-order valence-corrected chi connectivity index (χ1v) is 11.3. The van der Waals surface area contributed by atoms with E-state index in [4.69, 9.17) is 32.9 Å². The predicted molar refractivity (Wildman–Crippen MR) is 129 cm³/mol. The number of hydrogen-bond donors (Lipinski definition) is 3. The maximum Gasteiger partial charge on any atom is 0.233 e. The third-order valence-electron chi connectivity index (χ3n) is 5.44. The summed E-state index contributed by atoms with van der Waals surface area (Å²) in [5.41, 5.74) is 9.75. The van der Waals surface area contributed by atoms with Crippen LogP contribution in [-0.4, -0.2) is 52.5 Å². The molecule has 2 saturated heterocycles. The van der Waals surface area contributed by atoms with Crippen molar-refractivity contribution in [1.82, 2.24) is 20.4 Å². The van der Waals surface area contributed by atoms with Crippen molar-refractivity contribution >= 4 is 47.1 Å². The lowest BCUT2D eigenvalue weighted by Gasteiger charge is -2.30. The van der Waals surface area contributed by atoms with Crippen LogP contribution < -0.4 is 26.3 Å². The van der Waals surface area contributed by atoms with E-state index < -0.39 is 0 Å². The fourth-order valence-corrected chi connectivity index (χ4v) is 3.89. The summed E-state index contributed by atoms with van der Waals surface area (Å²) in [6.45, 7) is 3.99. The first kappa shape index (κ1) is 21.2. The van der Waals surface area contributed by atoms with E-state index in [1.54, 1.807) is 6.21 Å². The van der Waals surface area contributed by atoms with E-state index in [0.717, 1.165) is 49.3 Å². The highest BCUT2D eigenvalue weighted by molar-refractivity contribution is 7.80. The Kier molecular flexibility index (Phi) is 7.08. The van der Waals surface area contributed by atoms with Crippen LogP contribution in [0.25, 0.3) is 0 Å². The highest BCUT2D eigenvalue weighted by Gasteiger charge is 2.20. The number of rotatable bonds is 6. The van der Waals surface area contributed by atoms with Crippen LogP contribution in [0.1, 0.15) is 44.1 Å². The molecule has 2 aliphatic rings. The van der Waals surface area contributed by atoms with Crippen LogP contribution in [0.4, 0.5) is 23.5 Å². The van der Waals surface area contributed by atoms with Crippen molar-refractivity contribution in [3.8, 4) is 0 Å². The van der Waals surface area contributed by atoms with Crippen LogP contribution in [-0.2, 0) is 0 Å². The normalized spacial score (nSPS) is 17.0. The number of aromatic nitrogens is 3. The lowest BCUT2D eigenvalue weighted by atomic mass is 10.1. The summed E-state index contributed by atoms with van der Waals surface area (Å²) in [5.74, 6) is 2.11. The molecule has 0 spiro atoms. The van der Waals surface area contributed by atoms with Gasteiger partial charge < -0.3 is 20.9 Å². The molecule has 0 radical (unpaired) electrons. The zero-order valence-electron chi connectivity index (χ0n) is 17.6. The Hall–Kier alpha value is -3.01. The number of thiocarbonyl (C=S) groups is 1. The summed E-state index contributed by atoms with van der Waals surface area (Å²) in [6.07, 6.45) is 8.93. The van der Waals surface area contributed by atoms with Crippen molar-refractivity contribution in [2.45, 2.75) is 38.5 Å². The molecule has 4 N–H and O–H groups in total. The van der Waals surface area contributed by atoms with E-state index in [-0.39, 0.29) is 5.11 Å². The minimum Gasteiger partial charge on any atom is -0.375 e. The zero-order chi connectivity index (χ0) is 21.5. The second-order valence-electron chi connectivity index (χ2n) is 7.84. The number of nitrogens with one attached hydrogen (secondary N) is 2. The molecule has 4 rings (SSSR count). The van der Waals surface area contributed by atoms with Gasteiger partial charge in [-0.05, 0) is 68.4 Å². The number of hydrazone groups is 1. The highest BCUT2D eigenvalue weighted by Crippen LogP contribution is 2.24. The first-order chi connectivity index (χ1) is 15.2. The lowest BCUT2D eigenvalue weighted by molar-refractivity contribution is 0.556. The zero-order valence-corrected chi connectivity index (χ0v) is 18.4. The smallest absolute Gasteiger partial charge is 0.233 e. The summed E-state index contributed by atoms with van der Waals surface area (Å²) >= 11 is 4.74. The second kappa shape index (κ2) is 10.3. The van der Waals surface area contributed by atoms with E-state index in [1.165, 1.54) is 38.5 Å². The Bertz CT molecular complexity index is 867. The Morgan fingerprint density at radius 3 is 1.94 bits per heavy atom. The molecule has 164 valence electrons. The molecule has 9 nitrogen and oxygen atoms in total. The number of benzene rings is 1. The molecule has 31 heavy (non-hydrogen) atoms. The van der Waals surface area contributed by atoms with Gasteiger partial charge in [0.1, 0.15) is 0 Å². The Balaban J connectivity index is 1.53. The van der Waals surface area contributed by atoms with Gasteiger partial charge >= 0.3 is 0 Å². The Morgan fingerprint density at radius 1 is 0.871 bits per heavy atom. The summed E-state index contributed by atoms with van der Waals surface area (Å²) < 4.78 is 0. The van der Waals surface area contributed by atoms with Gasteiger partial charge in [-0.2, -0.15) is 20.1 Å². The van der Waals surface area contributed by atoms with E-state index in [2.05, 4.69) is 25.6 Å². The first-order valence-electron chi connectivity index (χ1n) is 10.9. The van der Waals surface area contributed by atoms with E-state index >= 15 is 0 Å². The standard InChI is InChI=1S/C21H29N9S/c22-18(31)28-23-15-16-7-9-17(10-8-16)24-19-25-20(29-11-3-1-4-12-29)27-21(26-19)30-13-5-2-6-14-30/h7-10,15H,1-6,11-14H2,(H3,22,28,31)(H,24,25,26,27)/b23-15+. The molecule has 0 amide bonds. The maximum absolute atomic E-state index is 5.37. The molecular formula is C21H29N9S. The number of nitrogens with zero attached hydrogens (tertiary/aromatic N) is 6. The molecule has 2 aliphatic heterocycles. The molecule has 0 saturated carbocycles. The lowest BCUT2D eigenvalue weighted by Crippen LogP contribution is -2.34. The topological polar surface area (TPSA) is 108 Å². The molecule has 0 bridgehead atoms. The molecule has 3 heterocycles. The molecule has 2 aromatic rings. The fourth-order valence-electron chi connectivity index (χ4n) is 3.83. The summed E-state index contributed by atoms with van der Waals surface area (Å²) in [6, 6.07) is 7.83. The number of hydrogen-bond acceptors (Lipinski definition) is 8. The summed E-state index contributed by atoms with van der Waals surface area (Å²) in [7, 11) is 0. The van der Waals surface area contributed by atoms with Crippen LogP contribution in [0.3, 0.4) is 0 Å². The highest BCUT2D eigenvalue weighted by atomic mass is 32.1. The van der Waals surface area contributed by atoms with Crippen molar-refractivity contribution in [2.75, 3.05) is 41.3 Å². The quantitative estimate of drug-likeness (QED) is 0.356. The molecule has 2 fully saturated rings. The van der Waals surface area contributed by atoms with E-state index in [9.17, 15) is 0 Å². The molecule has 0 aliphatic carbocycles. The largest absolute Gasteiger partial charge is 0.375 e. The summed E-state index contributed by atoms with van der Waals surface area (Å²) in [5, 5.41) is 7.46. The van der Waals surface area contributed by atoms with Gasteiger partial charge in [-0.15, -0.1) is 0 Å². The Labute approximate surface area is 188 Å². The van der Waals surface area contributed by atoms with Crippen LogP contribution in [0.15, 0.2) is 29.4 Å². The fraction of sp³-hybridized carbons (Fsp3) is 0.476. The molecule has 1 aromatic carbocycles. The number of anilines is 4. The Morgan fingerprint density at radius 2 is 1.42 bits per heavy atom. The van der Waals surface area contributed by atoms with Crippen molar-refractivity contribution in [2.24, 2.45) is 10.8 Å². The van der Waals surface area contributed by atoms with E-state index in [1.807, 2.05) is 24.3 Å². The van der Waals surface area contributed by atoms with Crippen molar-refractivity contribution in [3.05, 3.63) is 29.8 Å². The van der Waals surface area contributed by atoms with Crippen LogP contribution >= 0.6 is 12.2 Å².